The molecule has 5 nitrogen and oxygen atoms in total. The first-order valence-corrected chi connectivity index (χ1v) is 7.23. The molecule has 0 aromatic heterocycles. The smallest absolute Gasteiger partial charge is 0.333 e. The van der Waals surface area contributed by atoms with Gasteiger partial charge in [0.1, 0.15) is 0 Å². The number of methoxy groups -OCH3 is 1. The van der Waals surface area contributed by atoms with E-state index in [1.165, 1.54) is 7.11 Å². The lowest BCUT2D eigenvalue weighted by atomic mass is 9.53. The minimum atomic E-state index is -1.01. The molecule has 0 aromatic rings. The third kappa shape index (κ3) is 2.43. The van der Waals surface area contributed by atoms with E-state index in [0.29, 0.717) is 12.8 Å². The molecule has 0 aliphatic heterocycles. The maximum atomic E-state index is 11.7. The molecule has 3 N–H and O–H groups in total. The first-order valence-electron chi connectivity index (χ1n) is 7.23. The molecule has 6 atom stereocenters. The summed E-state index contributed by atoms with van der Waals surface area (Å²) in [7, 11) is 1.24. The lowest BCUT2D eigenvalue weighted by Crippen LogP contribution is -2.59. The first kappa shape index (κ1) is 16.2. The minimum Gasteiger partial charge on any atom is -0.466 e. The van der Waals surface area contributed by atoms with E-state index in [1.54, 1.807) is 0 Å². The Bertz CT molecular complexity index is 471. The van der Waals surface area contributed by atoms with E-state index in [4.69, 9.17) is 0 Å². The van der Waals surface area contributed by atoms with Gasteiger partial charge in [-0.3, -0.25) is 0 Å². The van der Waals surface area contributed by atoms with Crippen LogP contribution in [0.15, 0.2) is 24.3 Å². The zero-order valence-electron chi connectivity index (χ0n) is 12.6. The van der Waals surface area contributed by atoms with Gasteiger partial charge in [0.2, 0.25) is 0 Å². The molecule has 0 amide bonds. The third-order valence-corrected chi connectivity index (χ3v) is 5.27. The van der Waals surface area contributed by atoms with E-state index >= 15 is 0 Å². The van der Waals surface area contributed by atoms with Crippen LogP contribution < -0.4 is 0 Å². The molecule has 21 heavy (non-hydrogen) atoms. The van der Waals surface area contributed by atoms with Crippen molar-refractivity contribution in [1.82, 2.24) is 0 Å². The summed E-state index contributed by atoms with van der Waals surface area (Å²) in [5.74, 6) is -1.79. The van der Waals surface area contributed by atoms with Crippen molar-refractivity contribution >= 4 is 5.97 Å². The highest BCUT2D eigenvalue weighted by Crippen LogP contribution is 2.54. The second kappa shape index (κ2) is 5.55. The fraction of sp³-hybridized carbons (Fsp3) is 0.688. The number of rotatable bonds is 2. The molecular weight excluding hydrogens is 272 g/mol. The Balaban J connectivity index is 2.36. The lowest BCUT2D eigenvalue weighted by molar-refractivity contribution is -0.155. The minimum absolute atomic E-state index is 0.0624. The highest BCUT2D eigenvalue weighted by molar-refractivity contribution is 5.88. The maximum Gasteiger partial charge on any atom is 0.333 e. The molecule has 2 rings (SSSR count). The molecule has 2 aliphatic rings. The number of ether oxygens (including phenoxy) is 1. The molecule has 2 fully saturated rings. The van der Waals surface area contributed by atoms with Gasteiger partial charge in [-0.25, -0.2) is 4.79 Å². The topological polar surface area (TPSA) is 87.0 Å². The molecule has 0 bridgehead atoms. The quantitative estimate of drug-likeness (QED) is 0.398. The Kier molecular flexibility index (Phi) is 4.29. The van der Waals surface area contributed by atoms with Crippen LogP contribution >= 0.6 is 0 Å². The van der Waals surface area contributed by atoms with Gasteiger partial charge in [0.25, 0.3) is 0 Å². The van der Waals surface area contributed by atoms with Crippen LogP contribution in [0.2, 0.25) is 0 Å². The molecule has 0 saturated heterocycles. The highest BCUT2D eigenvalue weighted by atomic mass is 16.5. The summed E-state index contributed by atoms with van der Waals surface area (Å²) in [6, 6.07) is 0. The van der Waals surface area contributed by atoms with Crippen LogP contribution in [-0.2, 0) is 9.53 Å². The van der Waals surface area contributed by atoms with Gasteiger partial charge in [-0.2, -0.15) is 0 Å². The number of hydrogen-bond donors (Lipinski definition) is 3. The largest absolute Gasteiger partial charge is 0.466 e. The van der Waals surface area contributed by atoms with E-state index in [1.807, 2.05) is 6.92 Å². The van der Waals surface area contributed by atoms with Gasteiger partial charge in [0.15, 0.2) is 0 Å². The lowest BCUT2D eigenvalue weighted by Gasteiger charge is -2.55. The van der Waals surface area contributed by atoms with Crippen LogP contribution in [0.5, 0.6) is 0 Å². The summed E-state index contributed by atoms with van der Waals surface area (Å²) in [6.45, 7) is 9.54. The van der Waals surface area contributed by atoms with Gasteiger partial charge >= 0.3 is 5.97 Å². The number of fused-ring (bicyclic) bond motifs is 1. The fourth-order valence-corrected chi connectivity index (χ4v) is 4.09. The van der Waals surface area contributed by atoms with E-state index < -0.39 is 35.6 Å². The Morgan fingerprint density at radius 2 is 2.00 bits per heavy atom. The van der Waals surface area contributed by atoms with Gasteiger partial charge in [-0.05, 0) is 19.3 Å². The number of aliphatic hydroxyl groups excluding tert-OH is 3. The summed E-state index contributed by atoms with van der Waals surface area (Å²) < 4.78 is 4.64. The van der Waals surface area contributed by atoms with Crippen LogP contribution in [0.1, 0.15) is 26.2 Å². The van der Waals surface area contributed by atoms with Gasteiger partial charge in [0, 0.05) is 22.8 Å². The molecule has 0 heterocycles. The molecule has 2 aliphatic carbocycles. The van der Waals surface area contributed by atoms with Crippen molar-refractivity contribution in [3.8, 4) is 0 Å². The van der Waals surface area contributed by atoms with Crippen molar-refractivity contribution in [3.05, 3.63) is 24.3 Å². The molecular formula is C16H24O5. The second-order valence-electron chi connectivity index (χ2n) is 6.50. The zero-order chi connectivity index (χ0) is 15.9. The van der Waals surface area contributed by atoms with Gasteiger partial charge in [-0.1, -0.05) is 25.7 Å². The fourth-order valence-electron chi connectivity index (χ4n) is 4.09. The molecule has 118 valence electrons. The van der Waals surface area contributed by atoms with Gasteiger partial charge in [0.05, 0.1) is 25.4 Å². The van der Waals surface area contributed by atoms with Crippen LogP contribution in [0.25, 0.3) is 0 Å². The highest BCUT2D eigenvalue weighted by Gasteiger charge is 2.56. The predicted molar refractivity (Wildman–Crippen MR) is 77.3 cm³/mol. The SMILES string of the molecule is C=C(C(=O)OC)[C@H]1[C@H](O)[C@H]2C(=C)CC[C@@H](O)[C@]2(C)C[C@@H]1O. The number of carbonyl (C=O) groups is 1. The van der Waals surface area contributed by atoms with Crippen LogP contribution in [0.4, 0.5) is 0 Å². The van der Waals surface area contributed by atoms with Gasteiger partial charge < -0.3 is 20.1 Å². The number of esters is 1. The Labute approximate surface area is 124 Å². The van der Waals surface area contributed by atoms with E-state index in [2.05, 4.69) is 17.9 Å². The Hall–Kier alpha value is -1.17. The first-order chi connectivity index (χ1) is 9.74. The summed E-state index contributed by atoms with van der Waals surface area (Å²) in [5, 5.41) is 31.4. The summed E-state index contributed by atoms with van der Waals surface area (Å²) in [4.78, 5) is 11.7. The normalized spacial score (nSPS) is 43.1. The summed E-state index contributed by atoms with van der Waals surface area (Å²) >= 11 is 0. The number of aliphatic hydroxyl groups is 3. The van der Waals surface area contributed by atoms with Crippen LogP contribution in [0.3, 0.4) is 0 Å². The third-order valence-electron chi connectivity index (χ3n) is 5.27. The monoisotopic (exact) mass is 296 g/mol. The van der Waals surface area contributed by atoms with E-state index in [0.717, 1.165) is 5.57 Å². The molecule has 0 aromatic carbocycles. The molecule has 2 saturated carbocycles. The van der Waals surface area contributed by atoms with Crippen LogP contribution in [-0.4, -0.2) is 46.7 Å². The summed E-state index contributed by atoms with van der Waals surface area (Å²) in [6.07, 6.45) is -1.07. The maximum absolute atomic E-state index is 11.7. The van der Waals surface area contributed by atoms with Gasteiger partial charge in [-0.15, -0.1) is 0 Å². The second-order valence-corrected chi connectivity index (χ2v) is 6.50. The van der Waals surface area contributed by atoms with E-state index in [9.17, 15) is 20.1 Å². The standard InChI is InChI=1S/C16H24O5/c1-8-5-6-11(18)16(3)7-10(17)12(14(19)13(8)16)9(2)15(20)21-4/h10-14,17-19H,1-2,5-7H2,3-4H3/t10-,11+,12+,13+,14-,16-/m0/s1. The average Bonchev–Trinajstić information content (AvgIpc) is 2.41. The molecule has 0 unspecified atom stereocenters. The predicted octanol–water partition coefficient (Wildman–Crippen LogP) is 0.791. The Morgan fingerprint density at radius 1 is 1.38 bits per heavy atom. The van der Waals surface area contributed by atoms with Crippen molar-refractivity contribution in [1.29, 1.82) is 0 Å². The molecule has 0 radical (unpaired) electrons. The number of hydrogen-bond acceptors (Lipinski definition) is 5. The molecule has 0 spiro atoms. The molecule has 5 heteroatoms. The van der Waals surface area contributed by atoms with Crippen molar-refractivity contribution in [3.63, 3.8) is 0 Å². The summed E-state index contributed by atoms with van der Waals surface area (Å²) in [5.41, 5.74) is 0.276. The van der Waals surface area contributed by atoms with Crippen molar-refractivity contribution < 1.29 is 24.9 Å². The average molecular weight is 296 g/mol. The van der Waals surface area contributed by atoms with Crippen molar-refractivity contribution in [2.24, 2.45) is 17.3 Å². The van der Waals surface area contributed by atoms with E-state index in [-0.39, 0.29) is 17.9 Å². The number of carbonyl (C=O) groups excluding carboxylic acids is 1. The Morgan fingerprint density at radius 3 is 2.57 bits per heavy atom. The van der Waals surface area contributed by atoms with Crippen LogP contribution in [0, 0.1) is 17.3 Å². The van der Waals surface area contributed by atoms with Crippen molar-refractivity contribution in [2.45, 2.75) is 44.5 Å². The zero-order valence-corrected chi connectivity index (χ0v) is 12.6. The van der Waals surface area contributed by atoms with Crippen molar-refractivity contribution in [2.75, 3.05) is 7.11 Å².